The maximum Gasteiger partial charge on any atom is 0.257 e. The number of amides is 3. The number of nitrogens with one attached hydrogen (secondary N) is 1. The summed E-state index contributed by atoms with van der Waals surface area (Å²) < 4.78 is 5.20. The first kappa shape index (κ1) is 18.6. The molecule has 1 saturated heterocycles. The van der Waals surface area contributed by atoms with Crippen molar-refractivity contribution in [2.45, 2.75) is 13.3 Å². The van der Waals surface area contributed by atoms with Crippen molar-refractivity contribution in [3.63, 3.8) is 0 Å². The zero-order valence-electron chi connectivity index (χ0n) is 16.8. The Balaban J connectivity index is 1.46. The van der Waals surface area contributed by atoms with Gasteiger partial charge in [0.05, 0.1) is 30.2 Å². The van der Waals surface area contributed by atoms with E-state index in [4.69, 9.17) is 4.74 Å². The number of ether oxygens (including phenoxy) is 1. The molecule has 0 radical (unpaired) electrons. The third-order valence-electron chi connectivity index (χ3n) is 6.60. The van der Waals surface area contributed by atoms with Crippen molar-refractivity contribution in [1.82, 2.24) is 0 Å². The molecule has 1 aliphatic heterocycles. The van der Waals surface area contributed by atoms with Crippen LogP contribution in [0.4, 0.5) is 11.4 Å². The van der Waals surface area contributed by atoms with Gasteiger partial charge in [0.25, 0.3) is 5.91 Å². The number of methoxy groups -OCH3 is 1. The van der Waals surface area contributed by atoms with E-state index in [1.807, 2.05) is 6.92 Å². The van der Waals surface area contributed by atoms with Crippen LogP contribution in [-0.2, 0) is 9.59 Å². The highest BCUT2D eigenvalue weighted by Crippen LogP contribution is 2.56. The van der Waals surface area contributed by atoms with E-state index in [1.165, 1.54) is 10.5 Å². The zero-order valence-corrected chi connectivity index (χ0v) is 16.8. The van der Waals surface area contributed by atoms with E-state index in [9.17, 15) is 14.4 Å². The lowest BCUT2D eigenvalue weighted by Gasteiger charge is -2.20. The first-order valence-corrected chi connectivity index (χ1v) is 10.1. The number of fused-ring (bicyclic) bond motifs is 5. The van der Waals surface area contributed by atoms with E-state index in [0.717, 1.165) is 6.42 Å². The number of benzene rings is 2. The second-order valence-corrected chi connectivity index (χ2v) is 8.18. The molecule has 2 fully saturated rings. The number of nitrogens with zero attached hydrogens (tertiary/aromatic N) is 1. The number of allylic oxidation sites excluding steroid dienone is 2. The second kappa shape index (κ2) is 6.83. The number of rotatable bonds is 4. The summed E-state index contributed by atoms with van der Waals surface area (Å²) in [6, 6.07) is 13.8. The van der Waals surface area contributed by atoms with Crippen LogP contribution in [0.5, 0.6) is 5.75 Å². The Morgan fingerprint density at radius 2 is 1.83 bits per heavy atom. The largest absolute Gasteiger partial charge is 0.497 e. The van der Waals surface area contributed by atoms with Crippen molar-refractivity contribution in [2.75, 3.05) is 17.3 Å². The minimum atomic E-state index is -0.381. The van der Waals surface area contributed by atoms with Gasteiger partial charge in [-0.15, -0.1) is 0 Å². The van der Waals surface area contributed by atoms with E-state index in [-0.39, 0.29) is 41.4 Å². The Morgan fingerprint density at radius 3 is 2.63 bits per heavy atom. The fraction of sp³-hybridized carbons (Fsp3) is 0.292. The van der Waals surface area contributed by atoms with Crippen LogP contribution in [0.3, 0.4) is 0 Å². The molecule has 2 aromatic carbocycles. The van der Waals surface area contributed by atoms with Crippen LogP contribution in [0.2, 0.25) is 0 Å². The number of carbonyl (C=O) groups excluding carboxylic acids is 3. The van der Waals surface area contributed by atoms with Crippen LogP contribution < -0.4 is 15.0 Å². The molecule has 3 aliphatic rings. The van der Waals surface area contributed by atoms with Crippen LogP contribution >= 0.6 is 0 Å². The third-order valence-corrected chi connectivity index (χ3v) is 6.60. The number of anilines is 2. The quantitative estimate of drug-likeness (QED) is 0.626. The second-order valence-electron chi connectivity index (χ2n) is 8.18. The molecule has 1 N–H and O–H groups in total. The Bertz CT molecular complexity index is 1110. The van der Waals surface area contributed by atoms with Gasteiger partial charge >= 0.3 is 0 Å². The smallest absolute Gasteiger partial charge is 0.257 e. The summed E-state index contributed by atoms with van der Waals surface area (Å²) in [7, 11) is 1.56. The van der Waals surface area contributed by atoms with Gasteiger partial charge in [0.2, 0.25) is 11.8 Å². The molecule has 2 bridgehead atoms. The van der Waals surface area contributed by atoms with E-state index in [1.54, 1.807) is 55.6 Å². The highest BCUT2D eigenvalue weighted by molar-refractivity contribution is 6.25. The number of carbonyl (C=O) groups is 3. The molecule has 0 spiro atoms. The van der Waals surface area contributed by atoms with Gasteiger partial charge in [-0.1, -0.05) is 29.8 Å². The number of hydrogen-bond donors (Lipinski definition) is 1. The van der Waals surface area contributed by atoms with Crippen LogP contribution in [0, 0.1) is 23.7 Å². The van der Waals surface area contributed by atoms with Gasteiger partial charge in [0.15, 0.2) is 0 Å². The third kappa shape index (κ3) is 2.67. The summed E-state index contributed by atoms with van der Waals surface area (Å²) in [5, 5.41) is 2.84. The maximum absolute atomic E-state index is 13.3. The molecule has 4 atom stereocenters. The highest BCUT2D eigenvalue weighted by Gasteiger charge is 2.61. The average molecular weight is 402 g/mol. The topological polar surface area (TPSA) is 75.7 Å². The molecule has 6 heteroatoms. The highest BCUT2D eigenvalue weighted by atomic mass is 16.5. The normalized spacial score (nSPS) is 26.6. The number of imide groups is 1. The molecule has 1 heterocycles. The van der Waals surface area contributed by atoms with Crippen molar-refractivity contribution in [3.05, 3.63) is 65.7 Å². The molecule has 2 aromatic rings. The summed E-state index contributed by atoms with van der Waals surface area (Å²) in [5.74, 6) is -0.485. The van der Waals surface area contributed by atoms with Crippen LogP contribution in [0.15, 0.2) is 60.2 Å². The summed E-state index contributed by atoms with van der Waals surface area (Å²) in [6.07, 6.45) is 3.02. The minimum Gasteiger partial charge on any atom is -0.497 e. The van der Waals surface area contributed by atoms with Crippen LogP contribution in [-0.4, -0.2) is 24.8 Å². The van der Waals surface area contributed by atoms with Gasteiger partial charge in [-0.2, -0.15) is 0 Å². The summed E-state index contributed by atoms with van der Waals surface area (Å²) in [6.45, 7) is 2.04. The number of hydrogen-bond acceptors (Lipinski definition) is 4. The lowest BCUT2D eigenvalue weighted by Crippen LogP contribution is -2.34. The lowest BCUT2D eigenvalue weighted by molar-refractivity contribution is -0.123. The van der Waals surface area contributed by atoms with E-state index in [0.29, 0.717) is 22.7 Å². The van der Waals surface area contributed by atoms with Crippen molar-refractivity contribution in [2.24, 2.45) is 23.7 Å². The molecular weight excluding hydrogens is 380 g/mol. The molecule has 1 saturated carbocycles. The van der Waals surface area contributed by atoms with Crippen LogP contribution in [0.25, 0.3) is 0 Å². The molecule has 2 aliphatic carbocycles. The van der Waals surface area contributed by atoms with Crippen molar-refractivity contribution in [1.29, 1.82) is 0 Å². The molecule has 30 heavy (non-hydrogen) atoms. The fourth-order valence-electron chi connectivity index (χ4n) is 5.27. The fourth-order valence-corrected chi connectivity index (χ4v) is 5.27. The van der Waals surface area contributed by atoms with Crippen molar-refractivity contribution < 1.29 is 19.1 Å². The monoisotopic (exact) mass is 402 g/mol. The standard InChI is InChI=1S/C24H22N2O4/c1-13-10-14-11-18(13)21-20(14)23(28)26(24(21)29)19-9-4-3-8-17(19)22(27)25-15-6-5-7-16(12-15)30-2/h3-10,12,14,18,20-21H,11H2,1-2H3,(H,25,27)/t14-,18-,20-,21-/m1/s1. The van der Waals surface area contributed by atoms with Crippen LogP contribution in [0.1, 0.15) is 23.7 Å². The first-order chi connectivity index (χ1) is 14.5. The lowest BCUT2D eigenvalue weighted by atomic mass is 9.82. The van der Waals surface area contributed by atoms with Gasteiger partial charge < -0.3 is 10.1 Å². The SMILES string of the molecule is COc1cccc(NC(=O)c2ccccc2N2C(=O)[C@H]3[C@H](C2=O)[C@@H]2C[C@H]3C=C2C)c1. The van der Waals surface area contributed by atoms with Gasteiger partial charge in [0, 0.05) is 11.8 Å². The average Bonchev–Trinajstić information content (AvgIpc) is 3.38. The van der Waals surface area contributed by atoms with Gasteiger partial charge in [-0.3, -0.25) is 14.4 Å². The molecule has 3 amide bonds. The van der Waals surface area contributed by atoms with Crippen molar-refractivity contribution >= 4 is 29.1 Å². The van der Waals surface area contributed by atoms with E-state index in [2.05, 4.69) is 11.4 Å². The molecule has 0 unspecified atom stereocenters. The van der Waals surface area contributed by atoms with Crippen molar-refractivity contribution in [3.8, 4) is 5.75 Å². The molecule has 6 nitrogen and oxygen atoms in total. The Labute approximate surface area is 174 Å². The molecule has 5 rings (SSSR count). The first-order valence-electron chi connectivity index (χ1n) is 10.1. The summed E-state index contributed by atoms with van der Waals surface area (Å²) >= 11 is 0. The Morgan fingerprint density at radius 1 is 1.07 bits per heavy atom. The Kier molecular flexibility index (Phi) is 4.24. The van der Waals surface area contributed by atoms with E-state index >= 15 is 0 Å². The number of para-hydroxylation sites is 1. The summed E-state index contributed by atoms with van der Waals surface area (Å²) in [4.78, 5) is 40.8. The molecule has 152 valence electrons. The zero-order chi connectivity index (χ0) is 21.0. The summed E-state index contributed by atoms with van der Waals surface area (Å²) in [5.41, 5.74) is 2.41. The maximum atomic E-state index is 13.3. The van der Waals surface area contributed by atoms with E-state index < -0.39 is 0 Å². The minimum absolute atomic E-state index is 0.124. The molecule has 0 aromatic heterocycles. The predicted octanol–water partition coefficient (Wildman–Crippen LogP) is 3.65. The predicted molar refractivity (Wildman–Crippen MR) is 112 cm³/mol. The van der Waals surface area contributed by atoms with Gasteiger partial charge in [-0.05, 0) is 49.4 Å². The van der Waals surface area contributed by atoms with Gasteiger partial charge in [-0.25, -0.2) is 4.90 Å². The van der Waals surface area contributed by atoms with Gasteiger partial charge in [0.1, 0.15) is 5.75 Å². The Hall–Kier alpha value is -3.41. The molecular formula is C24H22N2O4.